The maximum atomic E-state index is 11.8. The van der Waals surface area contributed by atoms with Crippen molar-refractivity contribution in [3.05, 3.63) is 42.4 Å². The van der Waals surface area contributed by atoms with Crippen LogP contribution in [-0.4, -0.2) is 27.0 Å². The molecule has 7 nitrogen and oxygen atoms in total. The number of carbonyl (C=O) groups is 1. The lowest BCUT2D eigenvalue weighted by atomic mass is 10.3. The summed E-state index contributed by atoms with van der Waals surface area (Å²) in [5.74, 6) is 1.73. The molecule has 112 valence electrons. The molecule has 3 rings (SSSR count). The molecule has 3 aromatic rings. The van der Waals surface area contributed by atoms with Gasteiger partial charge in [0.05, 0.1) is 12.0 Å². The molecule has 1 amide bonds. The average molecular weight is 316 g/mol. The first kappa shape index (κ1) is 14.3. The van der Waals surface area contributed by atoms with Gasteiger partial charge in [-0.15, -0.1) is 10.2 Å². The van der Waals surface area contributed by atoms with E-state index in [1.54, 1.807) is 37.5 Å². The Hall–Kier alpha value is -2.61. The maximum Gasteiger partial charge on any atom is 0.236 e. The van der Waals surface area contributed by atoms with Gasteiger partial charge in [-0.25, -0.2) is 0 Å². The molecule has 8 heteroatoms. The van der Waals surface area contributed by atoms with Gasteiger partial charge in [-0.3, -0.25) is 4.79 Å². The highest BCUT2D eigenvalue weighted by Gasteiger charge is 2.08. The molecule has 0 spiro atoms. The van der Waals surface area contributed by atoms with Crippen LogP contribution in [0, 0.1) is 6.92 Å². The predicted molar refractivity (Wildman–Crippen MR) is 80.3 cm³/mol. The Bertz CT molecular complexity index is 753. The molecule has 22 heavy (non-hydrogen) atoms. The van der Waals surface area contributed by atoms with E-state index in [4.69, 9.17) is 8.94 Å². The number of nitrogens with one attached hydrogen (secondary N) is 1. The Labute approximate surface area is 130 Å². The number of thioether (sulfide) groups is 1. The third kappa shape index (κ3) is 3.53. The van der Waals surface area contributed by atoms with Crippen molar-refractivity contribution in [2.45, 2.75) is 11.9 Å². The zero-order valence-electron chi connectivity index (χ0n) is 11.6. The van der Waals surface area contributed by atoms with Crippen molar-refractivity contribution in [3.63, 3.8) is 0 Å². The lowest BCUT2D eigenvalue weighted by Gasteiger charge is -2.01. The Morgan fingerprint density at radius 2 is 2.23 bits per heavy atom. The second-order valence-corrected chi connectivity index (χ2v) is 5.39. The van der Waals surface area contributed by atoms with Crippen LogP contribution in [0.3, 0.4) is 0 Å². The topological polar surface area (TPSA) is 94.1 Å². The van der Waals surface area contributed by atoms with E-state index < -0.39 is 0 Å². The monoisotopic (exact) mass is 316 g/mol. The highest BCUT2D eigenvalue weighted by Crippen LogP contribution is 2.20. The molecular formula is C14H12N4O3S. The number of nitrogens with zero attached hydrogens (tertiary/aromatic N) is 3. The third-order valence-corrected chi connectivity index (χ3v) is 3.58. The van der Waals surface area contributed by atoms with Crippen LogP contribution in [-0.2, 0) is 4.79 Å². The van der Waals surface area contributed by atoms with Gasteiger partial charge in [0.25, 0.3) is 0 Å². The Morgan fingerprint density at radius 3 is 2.86 bits per heavy atom. The number of rotatable bonds is 5. The summed E-state index contributed by atoms with van der Waals surface area (Å²) < 4.78 is 10.1. The van der Waals surface area contributed by atoms with E-state index in [1.165, 1.54) is 11.8 Å². The summed E-state index contributed by atoms with van der Waals surface area (Å²) in [4.78, 5) is 11.8. The zero-order chi connectivity index (χ0) is 15.4. The molecule has 0 aliphatic heterocycles. The van der Waals surface area contributed by atoms with Crippen molar-refractivity contribution >= 4 is 23.5 Å². The van der Waals surface area contributed by atoms with Crippen molar-refractivity contribution in [1.29, 1.82) is 0 Å². The summed E-state index contributed by atoms with van der Waals surface area (Å²) in [7, 11) is 0. The van der Waals surface area contributed by atoms with Crippen LogP contribution in [0.5, 0.6) is 0 Å². The molecule has 0 atom stereocenters. The van der Waals surface area contributed by atoms with Crippen LogP contribution in [0.15, 0.2) is 50.6 Å². The van der Waals surface area contributed by atoms with Crippen LogP contribution in [0.25, 0.3) is 11.5 Å². The van der Waals surface area contributed by atoms with Gasteiger partial charge in [-0.2, -0.15) is 0 Å². The van der Waals surface area contributed by atoms with Crippen molar-refractivity contribution in [2.24, 2.45) is 0 Å². The van der Waals surface area contributed by atoms with Gasteiger partial charge in [0.1, 0.15) is 16.5 Å². The highest BCUT2D eigenvalue weighted by atomic mass is 32.2. The molecule has 0 aliphatic carbocycles. The molecule has 0 radical (unpaired) electrons. The molecule has 0 aromatic carbocycles. The number of carbonyl (C=O) groups excluding carboxylic acids is 1. The number of aromatic nitrogens is 3. The van der Waals surface area contributed by atoms with E-state index in [1.807, 2.05) is 6.07 Å². The molecular weight excluding hydrogens is 304 g/mol. The average Bonchev–Trinajstić information content (AvgIpc) is 3.18. The van der Waals surface area contributed by atoms with Crippen LogP contribution < -0.4 is 5.32 Å². The van der Waals surface area contributed by atoms with Gasteiger partial charge in [-0.05, 0) is 31.2 Å². The summed E-state index contributed by atoms with van der Waals surface area (Å²) in [5, 5.41) is 15.1. The first-order chi connectivity index (χ1) is 10.7. The van der Waals surface area contributed by atoms with E-state index in [0.717, 1.165) is 0 Å². The first-order valence-electron chi connectivity index (χ1n) is 6.44. The number of aryl methyl sites for hydroxylation is 1. The summed E-state index contributed by atoms with van der Waals surface area (Å²) >= 11 is 1.29. The minimum absolute atomic E-state index is 0.185. The SMILES string of the molecule is Cc1cc(NC(=O)CSc2ccc(-c3ccco3)nn2)no1. The van der Waals surface area contributed by atoms with E-state index in [-0.39, 0.29) is 11.7 Å². The second-order valence-electron chi connectivity index (χ2n) is 4.39. The third-order valence-electron chi connectivity index (χ3n) is 2.66. The van der Waals surface area contributed by atoms with Gasteiger partial charge in [-0.1, -0.05) is 16.9 Å². The minimum atomic E-state index is -0.185. The maximum absolute atomic E-state index is 11.8. The van der Waals surface area contributed by atoms with E-state index in [2.05, 4.69) is 20.7 Å². The van der Waals surface area contributed by atoms with E-state index in [9.17, 15) is 4.79 Å². The lowest BCUT2D eigenvalue weighted by molar-refractivity contribution is -0.113. The van der Waals surface area contributed by atoms with Crippen molar-refractivity contribution in [3.8, 4) is 11.5 Å². The number of hydrogen-bond donors (Lipinski definition) is 1. The van der Waals surface area contributed by atoms with Gasteiger partial charge < -0.3 is 14.3 Å². The molecule has 1 N–H and O–H groups in total. The summed E-state index contributed by atoms with van der Waals surface area (Å²) in [5.41, 5.74) is 0.650. The molecule has 0 saturated carbocycles. The van der Waals surface area contributed by atoms with Gasteiger partial charge in [0.2, 0.25) is 5.91 Å². The smallest absolute Gasteiger partial charge is 0.236 e. The molecule has 0 saturated heterocycles. The largest absolute Gasteiger partial charge is 0.463 e. The van der Waals surface area contributed by atoms with Gasteiger partial charge in [0.15, 0.2) is 11.6 Å². The van der Waals surface area contributed by atoms with Crippen LogP contribution in [0.1, 0.15) is 5.76 Å². The molecule has 3 aromatic heterocycles. The standard InChI is InChI=1S/C14H12N4O3S/c1-9-7-12(18-21-9)15-13(19)8-22-14-5-4-10(16-17-14)11-3-2-6-20-11/h2-7H,8H2,1H3,(H,15,18,19). The fourth-order valence-corrected chi connectivity index (χ4v) is 2.31. The normalized spacial score (nSPS) is 10.6. The van der Waals surface area contributed by atoms with Crippen molar-refractivity contribution in [2.75, 3.05) is 11.1 Å². The second kappa shape index (κ2) is 6.44. The first-order valence-corrected chi connectivity index (χ1v) is 7.43. The lowest BCUT2D eigenvalue weighted by Crippen LogP contribution is -2.14. The Kier molecular flexibility index (Phi) is 4.19. The fraction of sp³-hybridized carbons (Fsp3) is 0.143. The fourth-order valence-electron chi connectivity index (χ4n) is 1.70. The van der Waals surface area contributed by atoms with Gasteiger partial charge in [0, 0.05) is 6.07 Å². The molecule has 3 heterocycles. The highest BCUT2D eigenvalue weighted by molar-refractivity contribution is 7.99. The van der Waals surface area contributed by atoms with Crippen LogP contribution in [0.2, 0.25) is 0 Å². The quantitative estimate of drug-likeness (QED) is 0.723. The van der Waals surface area contributed by atoms with Crippen LogP contribution >= 0.6 is 11.8 Å². The Balaban J connectivity index is 1.54. The molecule has 0 aliphatic rings. The van der Waals surface area contributed by atoms with Crippen molar-refractivity contribution in [1.82, 2.24) is 15.4 Å². The van der Waals surface area contributed by atoms with E-state index >= 15 is 0 Å². The Morgan fingerprint density at radius 1 is 1.32 bits per heavy atom. The van der Waals surface area contributed by atoms with Gasteiger partial charge >= 0.3 is 0 Å². The minimum Gasteiger partial charge on any atom is -0.463 e. The number of amides is 1. The number of anilines is 1. The summed E-state index contributed by atoms with van der Waals surface area (Å²) in [6, 6.07) is 8.84. The summed E-state index contributed by atoms with van der Waals surface area (Å²) in [6.07, 6.45) is 1.58. The molecule has 0 unspecified atom stereocenters. The number of hydrogen-bond acceptors (Lipinski definition) is 7. The molecule has 0 fully saturated rings. The summed E-state index contributed by atoms with van der Waals surface area (Å²) in [6.45, 7) is 1.76. The van der Waals surface area contributed by atoms with E-state index in [0.29, 0.717) is 28.1 Å². The zero-order valence-corrected chi connectivity index (χ0v) is 12.5. The predicted octanol–water partition coefficient (Wildman–Crippen LogP) is 2.76. The number of furan rings is 1. The molecule has 0 bridgehead atoms. The van der Waals surface area contributed by atoms with Crippen LogP contribution in [0.4, 0.5) is 5.82 Å². The van der Waals surface area contributed by atoms with Crippen molar-refractivity contribution < 1.29 is 13.7 Å².